The van der Waals surface area contributed by atoms with Crippen LogP contribution in [0.3, 0.4) is 0 Å². The molecule has 1 unspecified atom stereocenters. The number of aryl methyl sites for hydroxylation is 1. The molecule has 0 spiro atoms. The van der Waals surface area contributed by atoms with Gasteiger partial charge in [0.15, 0.2) is 0 Å². The minimum Gasteiger partial charge on any atom is -0.480 e. The number of benzene rings is 1. The molecule has 0 aliphatic heterocycles. The van der Waals surface area contributed by atoms with E-state index in [1.807, 2.05) is 0 Å². The highest BCUT2D eigenvalue weighted by molar-refractivity contribution is 5.80. The van der Waals surface area contributed by atoms with E-state index in [0.29, 0.717) is 0 Å². The van der Waals surface area contributed by atoms with Gasteiger partial charge in [0.2, 0.25) is 0 Å². The topological polar surface area (TPSA) is 49.3 Å². The fourth-order valence-corrected chi connectivity index (χ4v) is 1.59. The summed E-state index contributed by atoms with van der Waals surface area (Å²) in [6.45, 7) is 6.31. The third kappa shape index (κ3) is 2.56. The fourth-order valence-electron chi connectivity index (χ4n) is 1.59. The van der Waals surface area contributed by atoms with Crippen molar-refractivity contribution in [1.29, 1.82) is 0 Å². The average molecular weight is 255 g/mol. The predicted octanol–water partition coefficient (Wildman–Crippen LogP) is 2.35. The van der Waals surface area contributed by atoms with Crippen molar-refractivity contribution in [2.45, 2.75) is 19.4 Å². The zero-order valence-electron chi connectivity index (χ0n) is 10.3. The molecule has 18 heavy (non-hydrogen) atoms. The van der Waals surface area contributed by atoms with Crippen molar-refractivity contribution in [2.24, 2.45) is 0 Å². The van der Waals surface area contributed by atoms with Gasteiger partial charge in [-0.1, -0.05) is 6.08 Å². The van der Waals surface area contributed by atoms with Gasteiger partial charge in [-0.2, -0.15) is 0 Å². The predicted molar refractivity (Wildman–Crippen MR) is 64.3 cm³/mol. The summed E-state index contributed by atoms with van der Waals surface area (Å²) in [7, 11) is 0. The molecule has 0 heterocycles. The molecular weight excluding hydrogens is 240 g/mol. The van der Waals surface area contributed by atoms with Crippen molar-refractivity contribution in [1.82, 2.24) is 5.32 Å². The number of hydrogen-bond acceptors (Lipinski definition) is 2. The minimum atomic E-state index is -1.70. The number of halogens is 2. The van der Waals surface area contributed by atoms with E-state index < -0.39 is 23.1 Å². The summed E-state index contributed by atoms with van der Waals surface area (Å²) in [5, 5.41) is 11.8. The van der Waals surface area contributed by atoms with Gasteiger partial charge >= 0.3 is 5.97 Å². The smallest absolute Gasteiger partial charge is 0.328 e. The molecule has 98 valence electrons. The Kier molecular flexibility index (Phi) is 4.19. The fraction of sp³-hybridized carbons (Fsp3) is 0.308. The van der Waals surface area contributed by atoms with E-state index >= 15 is 0 Å². The third-order valence-electron chi connectivity index (χ3n) is 2.81. The molecule has 0 saturated carbocycles. The standard InChI is InChI=1S/C13H15F2NO2/c1-4-5-16-13(3,12(17)18)9-7-10(14)8(2)6-11(9)15/h4,6-7,16H,1,5H2,2-3H3,(H,17,18). The summed E-state index contributed by atoms with van der Waals surface area (Å²) >= 11 is 0. The summed E-state index contributed by atoms with van der Waals surface area (Å²) in [6, 6.07) is 1.90. The number of carboxylic acids is 1. The van der Waals surface area contributed by atoms with Crippen molar-refractivity contribution in [2.75, 3.05) is 6.54 Å². The lowest BCUT2D eigenvalue weighted by molar-refractivity contribution is -0.144. The zero-order chi connectivity index (χ0) is 13.9. The van der Waals surface area contributed by atoms with E-state index in [1.54, 1.807) is 0 Å². The molecule has 5 heteroatoms. The van der Waals surface area contributed by atoms with Crippen LogP contribution in [-0.2, 0) is 10.3 Å². The van der Waals surface area contributed by atoms with Crippen LogP contribution in [0.5, 0.6) is 0 Å². The van der Waals surface area contributed by atoms with Crippen LogP contribution in [0.25, 0.3) is 0 Å². The molecule has 0 fully saturated rings. The van der Waals surface area contributed by atoms with Gasteiger partial charge in [0.25, 0.3) is 0 Å². The lowest BCUT2D eigenvalue weighted by Crippen LogP contribution is -2.47. The van der Waals surface area contributed by atoms with Gasteiger partial charge in [0, 0.05) is 12.1 Å². The molecule has 1 aromatic rings. The number of hydrogen-bond donors (Lipinski definition) is 2. The maximum absolute atomic E-state index is 13.8. The van der Waals surface area contributed by atoms with E-state index in [9.17, 15) is 18.7 Å². The Bertz CT molecular complexity index is 488. The van der Waals surface area contributed by atoms with Gasteiger partial charge in [-0.3, -0.25) is 5.32 Å². The lowest BCUT2D eigenvalue weighted by atomic mass is 9.90. The Morgan fingerprint density at radius 1 is 1.50 bits per heavy atom. The molecule has 2 N–H and O–H groups in total. The molecule has 3 nitrogen and oxygen atoms in total. The molecule has 1 rings (SSSR count). The van der Waals surface area contributed by atoms with Gasteiger partial charge in [-0.25, -0.2) is 13.6 Å². The average Bonchev–Trinajstić information content (AvgIpc) is 2.30. The van der Waals surface area contributed by atoms with E-state index in [4.69, 9.17) is 0 Å². The molecule has 0 aliphatic rings. The van der Waals surface area contributed by atoms with Crippen LogP contribution < -0.4 is 5.32 Å². The third-order valence-corrected chi connectivity index (χ3v) is 2.81. The number of rotatable bonds is 5. The highest BCUT2D eigenvalue weighted by Crippen LogP contribution is 2.26. The molecule has 0 amide bonds. The molecule has 0 aromatic heterocycles. The first-order valence-corrected chi connectivity index (χ1v) is 5.38. The van der Waals surface area contributed by atoms with E-state index in [0.717, 1.165) is 12.1 Å². The molecule has 1 aromatic carbocycles. The maximum atomic E-state index is 13.8. The number of carbonyl (C=O) groups is 1. The Labute approximate surface area is 104 Å². The summed E-state index contributed by atoms with van der Waals surface area (Å²) in [5.41, 5.74) is -1.81. The Hall–Kier alpha value is -1.75. The normalized spacial score (nSPS) is 14.0. The molecule has 0 aliphatic carbocycles. The van der Waals surface area contributed by atoms with Gasteiger partial charge in [0.05, 0.1) is 0 Å². The van der Waals surface area contributed by atoms with Crippen LogP contribution in [0.2, 0.25) is 0 Å². The first-order valence-electron chi connectivity index (χ1n) is 5.38. The van der Waals surface area contributed by atoms with Crippen molar-refractivity contribution in [3.05, 3.63) is 47.5 Å². The van der Waals surface area contributed by atoms with Crippen LogP contribution in [0.1, 0.15) is 18.1 Å². The van der Waals surface area contributed by atoms with Gasteiger partial charge in [-0.05, 0) is 31.5 Å². The number of aliphatic carboxylic acids is 1. The first-order chi connectivity index (χ1) is 8.32. The van der Waals surface area contributed by atoms with Crippen molar-refractivity contribution in [3.8, 4) is 0 Å². The monoisotopic (exact) mass is 255 g/mol. The minimum absolute atomic E-state index is 0.132. The van der Waals surface area contributed by atoms with Crippen molar-refractivity contribution < 1.29 is 18.7 Å². The zero-order valence-corrected chi connectivity index (χ0v) is 10.3. The molecule has 1 atom stereocenters. The van der Waals surface area contributed by atoms with E-state index in [-0.39, 0.29) is 17.7 Å². The summed E-state index contributed by atoms with van der Waals surface area (Å²) in [5.74, 6) is -2.68. The van der Waals surface area contributed by atoms with Gasteiger partial charge in [-0.15, -0.1) is 6.58 Å². The van der Waals surface area contributed by atoms with Crippen LogP contribution in [-0.4, -0.2) is 17.6 Å². The summed E-state index contributed by atoms with van der Waals surface area (Å²) < 4.78 is 27.3. The Balaban J connectivity index is 3.34. The summed E-state index contributed by atoms with van der Waals surface area (Å²) in [6.07, 6.45) is 1.45. The quantitative estimate of drug-likeness (QED) is 0.794. The maximum Gasteiger partial charge on any atom is 0.328 e. The van der Waals surface area contributed by atoms with E-state index in [2.05, 4.69) is 11.9 Å². The molecular formula is C13H15F2NO2. The van der Waals surface area contributed by atoms with Crippen LogP contribution in [0.15, 0.2) is 24.8 Å². The number of carboxylic acid groups (broad SMARTS) is 1. The highest BCUT2D eigenvalue weighted by atomic mass is 19.1. The van der Waals surface area contributed by atoms with Gasteiger partial charge in [0.1, 0.15) is 17.2 Å². The van der Waals surface area contributed by atoms with Crippen molar-refractivity contribution in [3.63, 3.8) is 0 Å². The second-order valence-electron chi connectivity index (χ2n) is 4.18. The largest absolute Gasteiger partial charge is 0.480 e. The molecule has 0 bridgehead atoms. The van der Waals surface area contributed by atoms with E-state index in [1.165, 1.54) is 19.9 Å². The Morgan fingerprint density at radius 3 is 2.61 bits per heavy atom. The van der Waals surface area contributed by atoms with Crippen LogP contribution in [0.4, 0.5) is 8.78 Å². The Morgan fingerprint density at radius 2 is 2.11 bits per heavy atom. The van der Waals surface area contributed by atoms with Crippen LogP contribution in [0, 0.1) is 18.6 Å². The summed E-state index contributed by atoms with van der Waals surface area (Å²) in [4.78, 5) is 11.3. The lowest BCUT2D eigenvalue weighted by Gasteiger charge is -2.27. The molecule has 0 saturated heterocycles. The van der Waals surface area contributed by atoms with Crippen molar-refractivity contribution >= 4 is 5.97 Å². The number of nitrogens with one attached hydrogen (secondary N) is 1. The SMILES string of the molecule is C=CCNC(C)(C(=O)O)c1cc(F)c(C)cc1F. The molecule has 0 radical (unpaired) electrons. The second-order valence-corrected chi connectivity index (χ2v) is 4.18. The second kappa shape index (κ2) is 5.27. The first kappa shape index (κ1) is 14.3. The van der Waals surface area contributed by atoms with Crippen LogP contribution >= 0.6 is 0 Å². The van der Waals surface area contributed by atoms with Gasteiger partial charge < -0.3 is 5.11 Å². The highest BCUT2D eigenvalue weighted by Gasteiger charge is 2.37.